The molecule has 0 aromatic heterocycles. The average Bonchev–Trinajstić information content (AvgIpc) is 2.68. The van der Waals surface area contributed by atoms with Crippen LogP contribution in [0.4, 0.5) is 5.69 Å². The number of methoxy groups -OCH3 is 1. The maximum Gasteiger partial charge on any atom is 0.311 e. The monoisotopic (exact) mass is 382 g/mol. The van der Waals surface area contributed by atoms with Crippen LogP contribution in [0, 0.1) is 26.9 Å². The number of hydrogen-bond acceptors (Lipinski definition) is 6. The van der Waals surface area contributed by atoms with E-state index in [0.717, 1.165) is 17.7 Å². The van der Waals surface area contributed by atoms with Gasteiger partial charge in [-0.2, -0.15) is 5.26 Å². The predicted octanol–water partition coefficient (Wildman–Crippen LogP) is 3.46. The van der Waals surface area contributed by atoms with Crippen molar-refractivity contribution in [2.24, 2.45) is 11.1 Å². The van der Waals surface area contributed by atoms with E-state index in [4.69, 9.17) is 15.7 Å². The lowest BCUT2D eigenvalue weighted by Gasteiger charge is -2.32. The minimum Gasteiger partial charge on any atom is -0.490 e. The van der Waals surface area contributed by atoms with Gasteiger partial charge in [-0.3, -0.25) is 15.0 Å². The second-order valence-corrected chi connectivity index (χ2v) is 7.59. The predicted molar refractivity (Wildman–Crippen MR) is 108 cm³/mol. The van der Waals surface area contributed by atoms with Crippen LogP contribution in [0.5, 0.6) is 5.75 Å². The molecular formula is C21H26N4O3. The molecule has 2 aromatic carbocycles. The number of rotatable bonds is 9. The van der Waals surface area contributed by atoms with Crippen molar-refractivity contribution in [1.29, 1.82) is 5.26 Å². The quantitative estimate of drug-likeness (QED) is 0.526. The second kappa shape index (κ2) is 9.31. The van der Waals surface area contributed by atoms with Gasteiger partial charge in [0.2, 0.25) is 0 Å². The fourth-order valence-electron chi connectivity index (χ4n) is 3.02. The average molecular weight is 382 g/mol. The molecule has 2 rings (SSSR count). The molecule has 0 fully saturated rings. The van der Waals surface area contributed by atoms with Crippen LogP contribution < -0.4 is 10.5 Å². The van der Waals surface area contributed by atoms with E-state index in [0.29, 0.717) is 25.2 Å². The summed E-state index contributed by atoms with van der Waals surface area (Å²) in [4.78, 5) is 13.1. The number of ether oxygens (including phenoxy) is 1. The lowest BCUT2D eigenvalue weighted by molar-refractivity contribution is -0.385. The van der Waals surface area contributed by atoms with Crippen LogP contribution in [0.3, 0.4) is 0 Å². The second-order valence-electron chi connectivity index (χ2n) is 7.59. The fourth-order valence-corrected chi connectivity index (χ4v) is 3.02. The molecule has 148 valence electrons. The lowest BCUT2D eigenvalue weighted by Crippen LogP contribution is -2.38. The summed E-state index contributed by atoms with van der Waals surface area (Å²) in [7, 11) is 1.42. The molecule has 7 nitrogen and oxygen atoms in total. The van der Waals surface area contributed by atoms with Crippen LogP contribution in [0.1, 0.15) is 30.5 Å². The number of nitrogens with zero attached hydrogens (tertiary/aromatic N) is 3. The van der Waals surface area contributed by atoms with Crippen molar-refractivity contribution in [3.05, 3.63) is 69.3 Å². The first-order chi connectivity index (χ1) is 13.3. The highest BCUT2D eigenvalue weighted by Crippen LogP contribution is 2.29. The van der Waals surface area contributed by atoms with Gasteiger partial charge in [0.1, 0.15) is 0 Å². The summed E-state index contributed by atoms with van der Waals surface area (Å²) >= 11 is 0. The third-order valence-electron chi connectivity index (χ3n) is 4.54. The molecule has 0 saturated heterocycles. The summed E-state index contributed by atoms with van der Waals surface area (Å²) < 4.78 is 5.08. The SMILES string of the molecule is COc1ccc(CN(Cc2ccc(C#N)cc2)CC(C)(C)CN)cc1[N+](=O)[O-]. The Hall–Kier alpha value is -2.95. The number of benzene rings is 2. The summed E-state index contributed by atoms with van der Waals surface area (Å²) in [5, 5.41) is 20.3. The minimum absolute atomic E-state index is 0.0450. The normalized spacial score (nSPS) is 11.3. The molecular weight excluding hydrogens is 356 g/mol. The van der Waals surface area contributed by atoms with Gasteiger partial charge in [0, 0.05) is 25.7 Å². The highest BCUT2D eigenvalue weighted by molar-refractivity contribution is 5.48. The van der Waals surface area contributed by atoms with E-state index < -0.39 is 4.92 Å². The Bertz CT molecular complexity index is 857. The molecule has 0 bridgehead atoms. The number of hydrogen-bond donors (Lipinski definition) is 1. The van der Waals surface area contributed by atoms with Gasteiger partial charge >= 0.3 is 5.69 Å². The summed E-state index contributed by atoms with van der Waals surface area (Å²) in [6.45, 7) is 6.62. The number of nitro benzene ring substituents is 1. The first kappa shape index (κ1) is 21.4. The van der Waals surface area contributed by atoms with Crippen molar-refractivity contribution in [3.8, 4) is 11.8 Å². The zero-order chi connectivity index (χ0) is 20.7. The Balaban J connectivity index is 2.27. The fraction of sp³-hybridized carbons (Fsp3) is 0.381. The summed E-state index contributed by atoms with van der Waals surface area (Å²) in [5.74, 6) is 0.245. The summed E-state index contributed by atoms with van der Waals surface area (Å²) in [5.41, 5.74) is 8.27. The Labute approximate surface area is 165 Å². The third kappa shape index (κ3) is 5.78. The maximum atomic E-state index is 11.3. The maximum absolute atomic E-state index is 11.3. The molecule has 0 atom stereocenters. The molecule has 28 heavy (non-hydrogen) atoms. The van der Waals surface area contributed by atoms with Gasteiger partial charge < -0.3 is 10.5 Å². The van der Waals surface area contributed by atoms with Crippen LogP contribution in [0.2, 0.25) is 0 Å². The molecule has 7 heteroatoms. The molecule has 0 spiro atoms. The van der Waals surface area contributed by atoms with E-state index in [9.17, 15) is 10.1 Å². The van der Waals surface area contributed by atoms with E-state index in [-0.39, 0.29) is 16.9 Å². The molecule has 0 unspecified atom stereocenters. The van der Waals surface area contributed by atoms with Gasteiger partial charge in [0.15, 0.2) is 5.75 Å². The van der Waals surface area contributed by atoms with Gasteiger partial charge in [-0.25, -0.2) is 0 Å². The van der Waals surface area contributed by atoms with E-state index in [1.54, 1.807) is 24.3 Å². The standard InChI is InChI=1S/C21H26N4O3/c1-21(2,14-23)15-24(12-17-6-4-16(11-22)5-7-17)13-18-8-9-20(28-3)19(10-18)25(26)27/h4-10H,12-15,23H2,1-3H3. The minimum atomic E-state index is -0.433. The number of nitriles is 1. The van der Waals surface area contributed by atoms with Crippen molar-refractivity contribution in [1.82, 2.24) is 4.90 Å². The Kier molecular flexibility index (Phi) is 7.10. The van der Waals surface area contributed by atoms with Crippen LogP contribution in [0.15, 0.2) is 42.5 Å². The zero-order valence-corrected chi connectivity index (χ0v) is 16.5. The molecule has 0 saturated carbocycles. The van der Waals surface area contributed by atoms with E-state index >= 15 is 0 Å². The Morgan fingerprint density at radius 3 is 2.32 bits per heavy atom. The molecule has 2 N–H and O–H groups in total. The van der Waals surface area contributed by atoms with Gasteiger partial charge in [-0.1, -0.05) is 32.0 Å². The van der Waals surface area contributed by atoms with Crippen LogP contribution in [-0.4, -0.2) is 30.0 Å². The topological polar surface area (TPSA) is 105 Å². The number of nitrogens with two attached hydrogens (primary N) is 1. The summed E-state index contributed by atoms with van der Waals surface area (Å²) in [6, 6.07) is 14.6. The van der Waals surface area contributed by atoms with Crippen LogP contribution in [0.25, 0.3) is 0 Å². The van der Waals surface area contributed by atoms with Crippen LogP contribution >= 0.6 is 0 Å². The molecule has 0 aliphatic rings. The first-order valence-electron chi connectivity index (χ1n) is 9.01. The van der Waals surface area contributed by atoms with Gasteiger partial charge in [0.05, 0.1) is 23.7 Å². The molecule has 0 aliphatic carbocycles. The summed E-state index contributed by atoms with van der Waals surface area (Å²) in [6.07, 6.45) is 0. The number of nitro groups is 1. The zero-order valence-electron chi connectivity index (χ0n) is 16.5. The smallest absolute Gasteiger partial charge is 0.311 e. The van der Waals surface area contributed by atoms with Crippen molar-refractivity contribution in [3.63, 3.8) is 0 Å². The van der Waals surface area contributed by atoms with Crippen LogP contribution in [-0.2, 0) is 13.1 Å². The Morgan fingerprint density at radius 1 is 1.18 bits per heavy atom. The first-order valence-corrected chi connectivity index (χ1v) is 9.01. The molecule has 0 aliphatic heterocycles. The van der Waals surface area contributed by atoms with Crippen molar-refractivity contribution in [2.75, 3.05) is 20.2 Å². The van der Waals surface area contributed by atoms with E-state index in [1.807, 2.05) is 18.2 Å². The third-order valence-corrected chi connectivity index (χ3v) is 4.54. The molecule has 0 amide bonds. The van der Waals surface area contributed by atoms with E-state index in [2.05, 4.69) is 24.8 Å². The van der Waals surface area contributed by atoms with Crippen molar-refractivity contribution in [2.45, 2.75) is 26.9 Å². The largest absolute Gasteiger partial charge is 0.490 e. The molecule has 0 heterocycles. The molecule has 0 radical (unpaired) electrons. The van der Waals surface area contributed by atoms with E-state index in [1.165, 1.54) is 7.11 Å². The lowest BCUT2D eigenvalue weighted by atomic mass is 9.92. The molecule has 2 aromatic rings. The van der Waals surface area contributed by atoms with Gasteiger partial charge in [-0.15, -0.1) is 0 Å². The van der Waals surface area contributed by atoms with Crippen molar-refractivity contribution < 1.29 is 9.66 Å². The highest BCUT2D eigenvalue weighted by atomic mass is 16.6. The highest BCUT2D eigenvalue weighted by Gasteiger charge is 2.22. The van der Waals surface area contributed by atoms with Crippen molar-refractivity contribution >= 4 is 5.69 Å². The van der Waals surface area contributed by atoms with Gasteiger partial charge in [-0.05, 0) is 41.3 Å². The Morgan fingerprint density at radius 2 is 1.79 bits per heavy atom. The van der Waals surface area contributed by atoms with Gasteiger partial charge in [0.25, 0.3) is 0 Å².